The van der Waals surface area contributed by atoms with Crippen molar-refractivity contribution >= 4 is 17.6 Å². The van der Waals surface area contributed by atoms with E-state index in [1.807, 2.05) is 30.3 Å². The number of anilines is 1. The van der Waals surface area contributed by atoms with Gasteiger partial charge in [0.1, 0.15) is 0 Å². The fourth-order valence-electron chi connectivity index (χ4n) is 2.03. The molecule has 0 spiro atoms. The molecular weight excluding hydrogens is 304 g/mol. The summed E-state index contributed by atoms with van der Waals surface area (Å²) in [5.74, 6) is -1.01. The largest absolute Gasteiger partial charge is 0.449 e. The molecule has 0 unspecified atom stereocenters. The molecule has 1 N–H and O–H groups in total. The Morgan fingerprint density at radius 2 is 1.75 bits per heavy atom. The molecule has 5 heteroatoms. The molecule has 2 aromatic carbocycles. The first kappa shape index (κ1) is 17.2. The summed E-state index contributed by atoms with van der Waals surface area (Å²) in [5.41, 5.74) is 2.57. The minimum absolute atomic E-state index is 0.293. The highest BCUT2D eigenvalue weighted by atomic mass is 16.5. The third-order valence-corrected chi connectivity index (χ3v) is 3.53. The van der Waals surface area contributed by atoms with Gasteiger partial charge in [-0.2, -0.15) is 5.26 Å². The average Bonchev–Trinajstić information content (AvgIpc) is 2.62. The van der Waals surface area contributed by atoms with E-state index in [2.05, 4.69) is 12.2 Å². The Morgan fingerprint density at radius 3 is 2.29 bits per heavy atom. The summed E-state index contributed by atoms with van der Waals surface area (Å²) in [7, 11) is 0. The molecule has 0 fully saturated rings. The maximum Gasteiger partial charge on any atom is 0.338 e. The standard InChI is InChI=1S/C19H18N2O3/c1-3-14-6-10-17(11-7-14)21-18(22)13(2)24-19(23)16-8-4-15(12-20)5-9-16/h4-11,13H,3H2,1-2H3,(H,21,22)/t13-/m0/s1. The summed E-state index contributed by atoms with van der Waals surface area (Å²) in [4.78, 5) is 24.1. The number of amides is 1. The van der Waals surface area contributed by atoms with Crippen molar-refractivity contribution in [2.45, 2.75) is 26.4 Å². The molecule has 0 radical (unpaired) electrons. The molecule has 0 aliphatic carbocycles. The van der Waals surface area contributed by atoms with E-state index >= 15 is 0 Å². The normalized spacial score (nSPS) is 11.2. The molecule has 5 nitrogen and oxygen atoms in total. The lowest BCUT2D eigenvalue weighted by molar-refractivity contribution is -0.123. The Balaban J connectivity index is 1.94. The Kier molecular flexibility index (Phi) is 5.69. The predicted octanol–water partition coefficient (Wildman–Crippen LogP) is 3.30. The molecule has 0 aromatic heterocycles. The summed E-state index contributed by atoms with van der Waals surface area (Å²) in [6.07, 6.45) is -0.00804. The van der Waals surface area contributed by atoms with Crippen molar-refractivity contribution in [3.05, 3.63) is 65.2 Å². The highest BCUT2D eigenvalue weighted by Gasteiger charge is 2.19. The van der Waals surface area contributed by atoms with Crippen LogP contribution in [0.15, 0.2) is 48.5 Å². The van der Waals surface area contributed by atoms with Crippen LogP contribution in [0.4, 0.5) is 5.69 Å². The van der Waals surface area contributed by atoms with E-state index in [-0.39, 0.29) is 0 Å². The van der Waals surface area contributed by atoms with E-state index in [1.165, 1.54) is 36.8 Å². The molecule has 0 aliphatic heterocycles. The zero-order valence-corrected chi connectivity index (χ0v) is 13.6. The van der Waals surface area contributed by atoms with Crippen molar-refractivity contribution in [2.75, 3.05) is 5.32 Å². The van der Waals surface area contributed by atoms with E-state index in [9.17, 15) is 9.59 Å². The second kappa shape index (κ2) is 7.93. The van der Waals surface area contributed by atoms with Gasteiger partial charge in [0.25, 0.3) is 5.91 Å². The lowest BCUT2D eigenvalue weighted by atomic mass is 10.1. The topological polar surface area (TPSA) is 79.2 Å². The highest BCUT2D eigenvalue weighted by molar-refractivity contribution is 5.97. The number of carbonyl (C=O) groups excluding carboxylic acids is 2. The zero-order chi connectivity index (χ0) is 17.5. The number of rotatable bonds is 5. The van der Waals surface area contributed by atoms with E-state index < -0.39 is 18.0 Å². The van der Waals surface area contributed by atoms with Crippen LogP contribution >= 0.6 is 0 Å². The van der Waals surface area contributed by atoms with Gasteiger partial charge in [0, 0.05) is 5.69 Å². The Morgan fingerprint density at radius 1 is 1.12 bits per heavy atom. The molecular formula is C19H18N2O3. The Hall–Kier alpha value is -3.13. The van der Waals surface area contributed by atoms with Crippen molar-refractivity contribution in [1.82, 2.24) is 0 Å². The van der Waals surface area contributed by atoms with Gasteiger partial charge in [-0.05, 0) is 55.3 Å². The molecule has 0 heterocycles. The number of nitriles is 1. The first-order chi connectivity index (χ1) is 11.5. The van der Waals surface area contributed by atoms with Crippen LogP contribution in [0, 0.1) is 11.3 Å². The van der Waals surface area contributed by atoms with Crippen molar-refractivity contribution in [2.24, 2.45) is 0 Å². The maximum absolute atomic E-state index is 12.1. The summed E-state index contributed by atoms with van der Waals surface area (Å²) in [6, 6.07) is 15.5. The van der Waals surface area contributed by atoms with Crippen molar-refractivity contribution < 1.29 is 14.3 Å². The summed E-state index contributed by atoms with van der Waals surface area (Å²) in [5, 5.41) is 11.4. The number of nitrogens with zero attached hydrogens (tertiary/aromatic N) is 1. The molecule has 0 saturated heterocycles. The average molecular weight is 322 g/mol. The van der Waals surface area contributed by atoms with E-state index in [4.69, 9.17) is 10.00 Å². The number of aryl methyl sites for hydroxylation is 1. The second-order valence-electron chi connectivity index (χ2n) is 5.28. The van der Waals surface area contributed by atoms with Gasteiger partial charge in [0.2, 0.25) is 0 Å². The van der Waals surface area contributed by atoms with Crippen molar-refractivity contribution in [3.63, 3.8) is 0 Å². The smallest absolute Gasteiger partial charge is 0.338 e. The molecule has 0 bridgehead atoms. The lowest BCUT2D eigenvalue weighted by Crippen LogP contribution is -2.30. The van der Waals surface area contributed by atoms with Crippen LogP contribution in [0.2, 0.25) is 0 Å². The van der Waals surface area contributed by atoms with Crippen LogP contribution in [-0.4, -0.2) is 18.0 Å². The number of carbonyl (C=O) groups is 2. The third kappa shape index (κ3) is 4.43. The predicted molar refractivity (Wildman–Crippen MR) is 90.5 cm³/mol. The summed E-state index contributed by atoms with van der Waals surface area (Å²) < 4.78 is 5.15. The summed E-state index contributed by atoms with van der Waals surface area (Å²) in [6.45, 7) is 3.57. The van der Waals surface area contributed by atoms with Crippen LogP contribution in [0.1, 0.15) is 35.3 Å². The fraction of sp³-hybridized carbons (Fsp3) is 0.211. The molecule has 24 heavy (non-hydrogen) atoms. The van der Waals surface area contributed by atoms with Gasteiger partial charge in [-0.25, -0.2) is 4.79 Å². The maximum atomic E-state index is 12.1. The minimum atomic E-state index is -0.931. The molecule has 1 amide bonds. The monoisotopic (exact) mass is 322 g/mol. The molecule has 0 saturated carbocycles. The molecule has 122 valence electrons. The van der Waals surface area contributed by atoms with Crippen LogP contribution in [0.25, 0.3) is 0 Å². The SMILES string of the molecule is CCc1ccc(NC(=O)[C@H](C)OC(=O)c2ccc(C#N)cc2)cc1. The van der Waals surface area contributed by atoms with Gasteiger partial charge in [-0.1, -0.05) is 19.1 Å². The van der Waals surface area contributed by atoms with Crippen LogP contribution in [0.5, 0.6) is 0 Å². The van der Waals surface area contributed by atoms with Gasteiger partial charge in [-0.3, -0.25) is 4.79 Å². The molecule has 2 aromatic rings. The molecule has 2 rings (SSSR count). The molecule has 0 aliphatic rings. The summed E-state index contributed by atoms with van der Waals surface area (Å²) >= 11 is 0. The van der Waals surface area contributed by atoms with Crippen molar-refractivity contribution in [3.8, 4) is 6.07 Å². The van der Waals surface area contributed by atoms with Crippen LogP contribution in [-0.2, 0) is 16.0 Å². The number of hydrogen-bond donors (Lipinski definition) is 1. The van der Waals surface area contributed by atoms with Crippen LogP contribution in [0.3, 0.4) is 0 Å². The molecule has 1 atom stereocenters. The van der Waals surface area contributed by atoms with Gasteiger partial charge in [0.15, 0.2) is 6.10 Å². The van der Waals surface area contributed by atoms with E-state index in [0.717, 1.165) is 6.42 Å². The first-order valence-corrected chi connectivity index (χ1v) is 7.64. The number of nitrogens with one attached hydrogen (secondary N) is 1. The van der Waals surface area contributed by atoms with Crippen LogP contribution < -0.4 is 5.32 Å². The third-order valence-electron chi connectivity index (χ3n) is 3.53. The lowest BCUT2D eigenvalue weighted by Gasteiger charge is -2.13. The van der Waals surface area contributed by atoms with E-state index in [0.29, 0.717) is 16.8 Å². The van der Waals surface area contributed by atoms with Gasteiger partial charge in [0.05, 0.1) is 17.2 Å². The zero-order valence-electron chi connectivity index (χ0n) is 13.6. The minimum Gasteiger partial charge on any atom is -0.449 e. The number of benzene rings is 2. The van der Waals surface area contributed by atoms with Crippen molar-refractivity contribution in [1.29, 1.82) is 5.26 Å². The quantitative estimate of drug-likeness (QED) is 0.857. The first-order valence-electron chi connectivity index (χ1n) is 7.64. The second-order valence-corrected chi connectivity index (χ2v) is 5.28. The van der Waals surface area contributed by atoms with Gasteiger partial charge in [-0.15, -0.1) is 0 Å². The van der Waals surface area contributed by atoms with E-state index in [1.54, 1.807) is 0 Å². The Labute approximate surface area is 140 Å². The Bertz CT molecular complexity index is 759. The van der Waals surface area contributed by atoms with Gasteiger partial charge >= 0.3 is 5.97 Å². The highest BCUT2D eigenvalue weighted by Crippen LogP contribution is 2.12. The number of hydrogen-bond acceptors (Lipinski definition) is 4. The number of esters is 1. The number of ether oxygens (including phenoxy) is 1. The van der Waals surface area contributed by atoms with Gasteiger partial charge < -0.3 is 10.1 Å². The fourth-order valence-corrected chi connectivity index (χ4v) is 2.03.